The predicted octanol–water partition coefficient (Wildman–Crippen LogP) is 3.62. The van der Waals surface area contributed by atoms with E-state index in [0.29, 0.717) is 13.1 Å². The van der Waals surface area contributed by atoms with Gasteiger partial charge >= 0.3 is 0 Å². The second-order valence-electron chi connectivity index (χ2n) is 7.33. The van der Waals surface area contributed by atoms with E-state index < -0.39 is 0 Å². The molecule has 2 aromatic heterocycles. The van der Waals surface area contributed by atoms with E-state index in [4.69, 9.17) is 8.83 Å². The van der Waals surface area contributed by atoms with Gasteiger partial charge in [0.05, 0.1) is 11.1 Å². The van der Waals surface area contributed by atoms with Crippen LogP contribution in [0.1, 0.15) is 28.6 Å². The fourth-order valence-corrected chi connectivity index (χ4v) is 3.62. The Labute approximate surface area is 164 Å². The Morgan fingerprint density at radius 2 is 1.36 bits per heavy atom. The summed E-state index contributed by atoms with van der Waals surface area (Å²) in [7, 11) is 0. The smallest absolute Gasteiger partial charge is 0.196 e. The van der Waals surface area contributed by atoms with E-state index in [1.807, 2.05) is 56.3 Å². The van der Waals surface area contributed by atoms with Gasteiger partial charge in [-0.2, -0.15) is 0 Å². The standard InChI is InChI=1S/C24H23NO3/c1-17-8-10-22(27-17)12-20-15-25(14-19-6-4-3-5-7-19)16-21(24(20)26)13-23-11-9-18(2)28-23/h3-13H,14-16H2,1-2H3/p+1/b20-12+,21-13?. The van der Waals surface area contributed by atoms with Crippen molar-refractivity contribution in [1.82, 2.24) is 0 Å². The zero-order valence-corrected chi connectivity index (χ0v) is 16.2. The highest BCUT2D eigenvalue weighted by Gasteiger charge is 2.30. The van der Waals surface area contributed by atoms with E-state index in [-0.39, 0.29) is 5.78 Å². The number of benzene rings is 1. The number of carbonyl (C=O) groups is 1. The molecule has 1 aromatic carbocycles. The first-order valence-corrected chi connectivity index (χ1v) is 9.53. The summed E-state index contributed by atoms with van der Waals surface area (Å²) in [5.41, 5.74) is 2.79. The van der Waals surface area contributed by atoms with Crippen LogP contribution >= 0.6 is 0 Å². The Morgan fingerprint density at radius 3 is 1.82 bits per heavy atom. The first-order chi connectivity index (χ1) is 13.6. The van der Waals surface area contributed by atoms with Crippen molar-refractivity contribution < 1.29 is 18.5 Å². The van der Waals surface area contributed by atoms with Crippen LogP contribution in [0.3, 0.4) is 0 Å². The number of hydrogen-bond donors (Lipinski definition) is 1. The number of likely N-dealkylation sites (tertiary alicyclic amines) is 1. The molecule has 4 rings (SSSR count). The Morgan fingerprint density at radius 1 is 0.821 bits per heavy atom. The van der Waals surface area contributed by atoms with E-state index in [2.05, 4.69) is 24.3 Å². The monoisotopic (exact) mass is 374 g/mol. The van der Waals surface area contributed by atoms with Crippen molar-refractivity contribution in [1.29, 1.82) is 0 Å². The molecule has 4 nitrogen and oxygen atoms in total. The maximum Gasteiger partial charge on any atom is 0.196 e. The van der Waals surface area contributed by atoms with Crippen LogP contribution in [0.25, 0.3) is 12.2 Å². The van der Waals surface area contributed by atoms with Gasteiger partial charge in [-0.15, -0.1) is 0 Å². The van der Waals surface area contributed by atoms with Gasteiger partial charge in [0.1, 0.15) is 42.7 Å². The summed E-state index contributed by atoms with van der Waals surface area (Å²) in [5, 5.41) is 0. The summed E-state index contributed by atoms with van der Waals surface area (Å²) in [6.45, 7) is 6.01. The van der Waals surface area contributed by atoms with Gasteiger partial charge in [0.15, 0.2) is 5.78 Å². The van der Waals surface area contributed by atoms with Crippen LogP contribution in [-0.2, 0) is 11.3 Å². The summed E-state index contributed by atoms with van der Waals surface area (Å²) in [4.78, 5) is 14.4. The molecule has 1 atom stereocenters. The molecule has 1 aliphatic rings. The van der Waals surface area contributed by atoms with Crippen LogP contribution < -0.4 is 4.90 Å². The number of ketones is 1. The zero-order chi connectivity index (χ0) is 19.5. The van der Waals surface area contributed by atoms with Crippen molar-refractivity contribution in [3.63, 3.8) is 0 Å². The number of carbonyl (C=O) groups excluding carboxylic acids is 1. The summed E-state index contributed by atoms with van der Waals surface area (Å²) in [6.07, 6.45) is 3.75. The number of furan rings is 2. The summed E-state index contributed by atoms with van der Waals surface area (Å²) >= 11 is 0. The molecule has 3 aromatic rings. The van der Waals surface area contributed by atoms with Crippen LogP contribution in [0.15, 0.2) is 74.6 Å². The van der Waals surface area contributed by atoms with E-state index in [1.165, 1.54) is 10.5 Å². The third-order valence-corrected chi connectivity index (χ3v) is 4.92. The average molecular weight is 374 g/mol. The molecule has 0 radical (unpaired) electrons. The van der Waals surface area contributed by atoms with E-state index >= 15 is 0 Å². The molecule has 0 bridgehead atoms. The minimum atomic E-state index is 0.0694. The summed E-state index contributed by atoms with van der Waals surface area (Å²) in [5.74, 6) is 3.18. The van der Waals surface area contributed by atoms with Crippen molar-refractivity contribution in [2.24, 2.45) is 0 Å². The molecule has 0 amide bonds. The lowest BCUT2D eigenvalue weighted by Gasteiger charge is -2.26. The van der Waals surface area contributed by atoms with Crippen molar-refractivity contribution >= 4 is 17.9 Å². The van der Waals surface area contributed by atoms with Crippen molar-refractivity contribution in [3.8, 4) is 0 Å². The third kappa shape index (κ3) is 4.24. The van der Waals surface area contributed by atoms with Crippen molar-refractivity contribution in [2.45, 2.75) is 20.4 Å². The topological polar surface area (TPSA) is 47.8 Å². The second-order valence-corrected chi connectivity index (χ2v) is 7.33. The molecule has 0 spiro atoms. The quantitative estimate of drug-likeness (QED) is 0.710. The number of rotatable bonds is 4. The minimum Gasteiger partial charge on any atom is -0.462 e. The Bertz CT molecular complexity index is 975. The molecule has 4 heteroatoms. The van der Waals surface area contributed by atoms with Gasteiger partial charge in [-0.05, 0) is 50.3 Å². The number of hydrogen-bond acceptors (Lipinski definition) is 3. The molecule has 1 fully saturated rings. The molecule has 0 saturated carbocycles. The Balaban J connectivity index is 1.66. The van der Waals surface area contributed by atoms with Crippen LogP contribution in [0.4, 0.5) is 0 Å². The molecule has 1 N–H and O–H groups in total. The molecular weight excluding hydrogens is 350 g/mol. The number of Topliss-reactive ketones (excluding diaryl/α,β-unsaturated/α-hetero) is 1. The number of aryl methyl sites for hydroxylation is 2. The maximum atomic E-state index is 13.1. The first kappa shape index (κ1) is 18.3. The molecule has 28 heavy (non-hydrogen) atoms. The van der Waals surface area contributed by atoms with Gasteiger partial charge in [-0.1, -0.05) is 30.3 Å². The van der Waals surface area contributed by atoms with Gasteiger partial charge in [-0.25, -0.2) is 0 Å². The van der Waals surface area contributed by atoms with Gasteiger partial charge < -0.3 is 13.7 Å². The molecule has 3 heterocycles. The molecular formula is C24H24NO3+. The maximum absolute atomic E-state index is 13.1. The van der Waals surface area contributed by atoms with Gasteiger partial charge in [0, 0.05) is 5.56 Å². The zero-order valence-electron chi connectivity index (χ0n) is 16.2. The predicted molar refractivity (Wildman–Crippen MR) is 109 cm³/mol. The molecule has 1 unspecified atom stereocenters. The SMILES string of the molecule is Cc1ccc(C=C2C[NH+](Cc3ccccc3)C/C(=C\c3ccc(C)o3)C2=O)o1. The number of nitrogens with one attached hydrogen (secondary N) is 1. The highest BCUT2D eigenvalue weighted by Crippen LogP contribution is 2.18. The lowest BCUT2D eigenvalue weighted by atomic mass is 9.95. The van der Waals surface area contributed by atoms with E-state index in [0.717, 1.165) is 40.7 Å². The highest BCUT2D eigenvalue weighted by molar-refractivity contribution is 6.13. The Hall–Kier alpha value is -3.11. The van der Waals surface area contributed by atoms with Gasteiger partial charge in [0.2, 0.25) is 0 Å². The van der Waals surface area contributed by atoms with Crippen LogP contribution in [0.2, 0.25) is 0 Å². The number of piperidine rings is 1. The fourth-order valence-electron chi connectivity index (χ4n) is 3.62. The summed E-state index contributed by atoms with van der Waals surface area (Å²) < 4.78 is 11.3. The summed E-state index contributed by atoms with van der Waals surface area (Å²) in [6, 6.07) is 18.0. The largest absolute Gasteiger partial charge is 0.462 e. The van der Waals surface area contributed by atoms with Crippen molar-refractivity contribution in [3.05, 3.63) is 94.3 Å². The second kappa shape index (κ2) is 7.87. The fraction of sp³-hybridized carbons (Fsp3) is 0.208. The Kier molecular flexibility index (Phi) is 5.13. The van der Waals surface area contributed by atoms with E-state index in [1.54, 1.807) is 0 Å². The molecule has 0 aliphatic carbocycles. The van der Waals surface area contributed by atoms with Crippen molar-refractivity contribution in [2.75, 3.05) is 13.1 Å². The van der Waals surface area contributed by atoms with Crippen LogP contribution in [-0.4, -0.2) is 18.9 Å². The number of quaternary nitrogens is 1. The highest BCUT2D eigenvalue weighted by atomic mass is 16.3. The lowest BCUT2D eigenvalue weighted by Crippen LogP contribution is -3.12. The van der Waals surface area contributed by atoms with Crippen LogP contribution in [0, 0.1) is 13.8 Å². The lowest BCUT2D eigenvalue weighted by molar-refractivity contribution is -0.904. The average Bonchev–Trinajstić information content (AvgIpc) is 3.27. The normalized spacial score (nSPS) is 20.2. The minimum absolute atomic E-state index is 0.0694. The van der Waals surface area contributed by atoms with Gasteiger partial charge in [0.25, 0.3) is 0 Å². The first-order valence-electron chi connectivity index (χ1n) is 9.53. The van der Waals surface area contributed by atoms with Gasteiger partial charge in [-0.3, -0.25) is 4.79 Å². The van der Waals surface area contributed by atoms with Crippen LogP contribution in [0.5, 0.6) is 0 Å². The molecule has 1 saturated heterocycles. The van der Waals surface area contributed by atoms with E-state index in [9.17, 15) is 4.79 Å². The third-order valence-electron chi connectivity index (χ3n) is 4.92. The molecule has 142 valence electrons. The molecule has 1 aliphatic heterocycles.